The summed E-state index contributed by atoms with van der Waals surface area (Å²) in [5.74, 6) is 0.815. The van der Waals surface area contributed by atoms with Crippen molar-refractivity contribution < 1.29 is 4.79 Å². The van der Waals surface area contributed by atoms with Crippen molar-refractivity contribution in [1.29, 1.82) is 0 Å². The normalized spacial score (nSPS) is 14.8. The predicted octanol–water partition coefficient (Wildman–Crippen LogP) is 1.39. The number of hydrogen-bond donors (Lipinski definition) is 2. The van der Waals surface area contributed by atoms with Gasteiger partial charge < -0.3 is 15.2 Å². The summed E-state index contributed by atoms with van der Waals surface area (Å²) in [5.41, 5.74) is 1.38. The number of aromatic amines is 1. The van der Waals surface area contributed by atoms with Gasteiger partial charge in [-0.2, -0.15) is 0 Å². The van der Waals surface area contributed by atoms with Gasteiger partial charge in [0, 0.05) is 19.2 Å². The molecule has 1 aliphatic rings. The Balaban J connectivity index is 1.57. The Hall–Kier alpha value is -3.10. The van der Waals surface area contributed by atoms with Crippen LogP contribution in [0.15, 0.2) is 25.0 Å². The number of H-pyrrole nitrogens is 1. The SMILES string of the molecule is O=C(Nc1ncnc2nc[nH]c12)c1cc(N2CCCCC2)ncn1. The van der Waals surface area contributed by atoms with Gasteiger partial charge in [-0.05, 0) is 19.3 Å². The molecule has 0 aliphatic carbocycles. The number of nitrogens with one attached hydrogen (secondary N) is 2. The zero-order chi connectivity index (χ0) is 16.4. The molecule has 1 fully saturated rings. The van der Waals surface area contributed by atoms with E-state index in [2.05, 4.69) is 40.1 Å². The maximum Gasteiger partial charge on any atom is 0.275 e. The highest BCUT2D eigenvalue weighted by Gasteiger charge is 2.16. The van der Waals surface area contributed by atoms with E-state index >= 15 is 0 Å². The van der Waals surface area contributed by atoms with Gasteiger partial charge in [0.1, 0.15) is 29.7 Å². The molecule has 122 valence electrons. The minimum absolute atomic E-state index is 0.303. The number of imidazole rings is 1. The average molecular weight is 324 g/mol. The molecular weight excluding hydrogens is 308 g/mol. The third-order valence-electron chi connectivity index (χ3n) is 4.02. The lowest BCUT2D eigenvalue weighted by Crippen LogP contribution is -2.30. The lowest BCUT2D eigenvalue weighted by molar-refractivity contribution is 0.102. The first-order valence-corrected chi connectivity index (χ1v) is 7.84. The number of piperidine rings is 1. The van der Waals surface area contributed by atoms with E-state index in [4.69, 9.17) is 0 Å². The van der Waals surface area contributed by atoms with Crippen LogP contribution in [0.2, 0.25) is 0 Å². The number of hydrogen-bond acceptors (Lipinski definition) is 7. The maximum absolute atomic E-state index is 12.5. The first kappa shape index (κ1) is 14.5. The molecular formula is C15H16N8O. The summed E-state index contributed by atoms with van der Waals surface area (Å²) < 4.78 is 0. The second kappa shape index (κ2) is 6.19. The zero-order valence-corrected chi connectivity index (χ0v) is 12.9. The van der Waals surface area contributed by atoms with Crippen molar-refractivity contribution in [2.75, 3.05) is 23.3 Å². The monoisotopic (exact) mass is 324 g/mol. The summed E-state index contributed by atoms with van der Waals surface area (Å²) in [6, 6.07) is 1.71. The molecule has 0 saturated carbocycles. The van der Waals surface area contributed by atoms with Gasteiger partial charge in [0.25, 0.3) is 5.91 Å². The molecule has 9 heteroatoms. The minimum Gasteiger partial charge on any atom is -0.357 e. The summed E-state index contributed by atoms with van der Waals surface area (Å²) in [5, 5.41) is 2.75. The van der Waals surface area contributed by atoms with E-state index in [1.165, 1.54) is 25.4 Å². The number of anilines is 2. The highest BCUT2D eigenvalue weighted by molar-refractivity contribution is 6.05. The molecule has 0 unspecified atom stereocenters. The van der Waals surface area contributed by atoms with Crippen LogP contribution in [0.5, 0.6) is 0 Å². The maximum atomic E-state index is 12.5. The van der Waals surface area contributed by atoms with Gasteiger partial charge in [-0.3, -0.25) is 4.79 Å². The molecule has 2 N–H and O–H groups in total. The number of fused-ring (bicyclic) bond motifs is 1. The van der Waals surface area contributed by atoms with Crippen LogP contribution in [0, 0.1) is 0 Å². The van der Waals surface area contributed by atoms with Gasteiger partial charge >= 0.3 is 0 Å². The molecule has 0 radical (unpaired) electrons. The second-order valence-electron chi connectivity index (χ2n) is 5.59. The van der Waals surface area contributed by atoms with E-state index < -0.39 is 0 Å². The third kappa shape index (κ3) is 2.75. The molecule has 3 aromatic heterocycles. The van der Waals surface area contributed by atoms with Gasteiger partial charge in [-0.15, -0.1) is 0 Å². The predicted molar refractivity (Wildman–Crippen MR) is 87.7 cm³/mol. The first-order chi connectivity index (χ1) is 11.8. The van der Waals surface area contributed by atoms with Gasteiger partial charge in [-0.1, -0.05) is 0 Å². The average Bonchev–Trinajstić information content (AvgIpc) is 3.12. The number of nitrogens with zero attached hydrogens (tertiary/aromatic N) is 6. The van der Waals surface area contributed by atoms with Gasteiger partial charge in [0.05, 0.1) is 6.33 Å². The molecule has 0 bridgehead atoms. The summed E-state index contributed by atoms with van der Waals surface area (Å²) in [7, 11) is 0. The topological polar surface area (TPSA) is 113 Å². The number of carbonyl (C=O) groups is 1. The van der Waals surface area contributed by atoms with Crippen molar-refractivity contribution in [3.05, 3.63) is 30.7 Å². The van der Waals surface area contributed by atoms with Gasteiger partial charge in [-0.25, -0.2) is 24.9 Å². The quantitative estimate of drug-likeness (QED) is 0.748. The highest BCUT2D eigenvalue weighted by atomic mass is 16.1. The van der Waals surface area contributed by atoms with E-state index in [1.807, 2.05) is 0 Å². The molecule has 0 spiro atoms. The highest BCUT2D eigenvalue weighted by Crippen LogP contribution is 2.19. The van der Waals surface area contributed by atoms with Crippen molar-refractivity contribution >= 4 is 28.7 Å². The minimum atomic E-state index is -0.342. The summed E-state index contributed by atoms with van der Waals surface area (Å²) in [6.45, 7) is 1.91. The Bertz CT molecular complexity index is 871. The Morgan fingerprint density at radius 2 is 1.88 bits per heavy atom. The van der Waals surface area contributed by atoms with Crippen molar-refractivity contribution in [2.24, 2.45) is 0 Å². The smallest absolute Gasteiger partial charge is 0.275 e. The fourth-order valence-electron chi connectivity index (χ4n) is 2.80. The molecule has 4 rings (SSSR count). The van der Waals surface area contributed by atoms with Crippen LogP contribution in [0.25, 0.3) is 11.2 Å². The van der Waals surface area contributed by atoms with E-state index in [0.717, 1.165) is 31.7 Å². The summed E-state index contributed by atoms with van der Waals surface area (Å²) in [6.07, 6.45) is 7.81. The number of rotatable bonds is 3. The van der Waals surface area contributed by atoms with E-state index in [9.17, 15) is 4.79 Å². The largest absolute Gasteiger partial charge is 0.357 e. The van der Waals surface area contributed by atoms with Crippen molar-refractivity contribution in [3.63, 3.8) is 0 Å². The molecule has 1 aliphatic heterocycles. The van der Waals surface area contributed by atoms with E-state index in [-0.39, 0.29) is 5.91 Å². The summed E-state index contributed by atoms with van der Waals surface area (Å²) >= 11 is 0. The molecule has 1 saturated heterocycles. The van der Waals surface area contributed by atoms with Crippen LogP contribution >= 0.6 is 0 Å². The standard InChI is InChI=1S/C15H16N8O/c24-15(22-14-12-13(19-8-18-12)20-9-21-14)10-6-11(17-7-16-10)23-4-2-1-3-5-23/h6-9H,1-5H2,(H2,18,19,20,21,22,24). The number of carbonyl (C=O) groups excluding carboxylic acids is 1. The lowest BCUT2D eigenvalue weighted by Gasteiger charge is -2.27. The van der Waals surface area contributed by atoms with Crippen molar-refractivity contribution in [1.82, 2.24) is 29.9 Å². The summed E-state index contributed by atoms with van der Waals surface area (Å²) in [4.78, 5) is 38.1. The Kier molecular flexibility index (Phi) is 3.73. The molecule has 0 atom stereocenters. The molecule has 24 heavy (non-hydrogen) atoms. The van der Waals surface area contributed by atoms with Crippen molar-refractivity contribution in [2.45, 2.75) is 19.3 Å². The van der Waals surface area contributed by atoms with Crippen molar-refractivity contribution in [3.8, 4) is 0 Å². The molecule has 3 aromatic rings. The Morgan fingerprint density at radius 1 is 1.04 bits per heavy atom. The number of amides is 1. The van der Waals surface area contributed by atoms with Crippen LogP contribution in [0.4, 0.5) is 11.6 Å². The molecule has 0 aromatic carbocycles. The zero-order valence-electron chi connectivity index (χ0n) is 12.9. The Labute approximate surface area is 137 Å². The van der Waals surface area contributed by atoms with Gasteiger partial charge in [0.15, 0.2) is 11.5 Å². The Morgan fingerprint density at radius 3 is 2.75 bits per heavy atom. The van der Waals surface area contributed by atoms with Crippen LogP contribution in [-0.4, -0.2) is 48.9 Å². The fraction of sp³-hybridized carbons (Fsp3) is 0.333. The molecule has 4 heterocycles. The molecule has 1 amide bonds. The fourth-order valence-corrected chi connectivity index (χ4v) is 2.80. The van der Waals surface area contributed by atoms with Crippen LogP contribution in [0.1, 0.15) is 29.8 Å². The van der Waals surface area contributed by atoms with Crippen LogP contribution < -0.4 is 10.2 Å². The molecule has 9 nitrogen and oxygen atoms in total. The van der Waals surface area contributed by atoms with E-state index in [1.54, 1.807) is 6.07 Å². The lowest BCUT2D eigenvalue weighted by atomic mass is 10.1. The van der Waals surface area contributed by atoms with Crippen LogP contribution in [0.3, 0.4) is 0 Å². The first-order valence-electron chi connectivity index (χ1n) is 7.84. The van der Waals surface area contributed by atoms with E-state index in [0.29, 0.717) is 22.7 Å². The van der Waals surface area contributed by atoms with Crippen LogP contribution in [-0.2, 0) is 0 Å². The third-order valence-corrected chi connectivity index (χ3v) is 4.02. The second-order valence-corrected chi connectivity index (χ2v) is 5.59. The van der Waals surface area contributed by atoms with Gasteiger partial charge in [0.2, 0.25) is 0 Å². The number of aromatic nitrogens is 6.